The number of rotatable bonds is 2. The molecule has 0 aliphatic heterocycles. The summed E-state index contributed by atoms with van der Waals surface area (Å²) in [5, 5.41) is 2.78. The molecule has 6 nitrogen and oxygen atoms in total. The molecule has 6 heteroatoms. The van der Waals surface area contributed by atoms with Crippen molar-refractivity contribution >= 4 is 11.8 Å². The van der Waals surface area contributed by atoms with Crippen molar-refractivity contribution < 1.29 is 9.53 Å². The maximum absolute atomic E-state index is 12.0. The van der Waals surface area contributed by atoms with E-state index in [0.717, 1.165) is 29.9 Å². The number of nitrogens with one attached hydrogen (secondary N) is 2. The highest BCUT2D eigenvalue weighted by molar-refractivity contribution is 5.90. The lowest BCUT2D eigenvalue weighted by Gasteiger charge is -2.20. The van der Waals surface area contributed by atoms with Crippen molar-refractivity contribution in [3.63, 3.8) is 0 Å². The van der Waals surface area contributed by atoms with Gasteiger partial charge in [-0.2, -0.15) is 0 Å². The Hall–Kier alpha value is -2.37. The molecule has 2 heterocycles. The summed E-state index contributed by atoms with van der Waals surface area (Å²) in [4.78, 5) is 24.2. The first-order chi connectivity index (χ1) is 10.9. The summed E-state index contributed by atoms with van der Waals surface area (Å²) < 4.78 is 5.31. The second kappa shape index (κ2) is 6.02. The van der Waals surface area contributed by atoms with Crippen LogP contribution in [0.25, 0.3) is 11.4 Å². The highest BCUT2D eigenvalue weighted by Crippen LogP contribution is 2.28. The standard InChI is InChI=1S/C17H22N4O2/c1-17(2,3)23-16(22)21-12-8-9-18-10-11(12)15-19-13-6-4-5-7-14(13)20-15/h8-10H,4-7H2,1-3H3,(H,19,20)(H,18,21,22). The van der Waals surface area contributed by atoms with Crippen LogP contribution in [-0.2, 0) is 17.6 Å². The fourth-order valence-electron chi connectivity index (χ4n) is 2.69. The number of imidazole rings is 1. The van der Waals surface area contributed by atoms with Crippen LogP contribution in [0.3, 0.4) is 0 Å². The van der Waals surface area contributed by atoms with Crippen LogP contribution >= 0.6 is 0 Å². The third kappa shape index (κ3) is 3.70. The smallest absolute Gasteiger partial charge is 0.412 e. The normalized spacial score (nSPS) is 14.2. The van der Waals surface area contributed by atoms with Crippen molar-refractivity contribution in [1.82, 2.24) is 15.0 Å². The topological polar surface area (TPSA) is 79.9 Å². The molecule has 0 spiro atoms. The van der Waals surface area contributed by atoms with E-state index in [9.17, 15) is 4.79 Å². The highest BCUT2D eigenvalue weighted by Gasteiger charge is 2.20. The molecule has 0 aromatic carbocycles. The van der Waals surface area contributed by atoms with Gasteiger partial charge in [-0.15, -0.1) is 0 Å². The van der Waals surface area contributed by atoms with E-state index in [4.69, 9.17) is 4.74 Å². The zero-order valence-electron chi connectivity index (χ0n) is 13.8. The number of hydrogen-bond donors (Lipinski definition) is 2. The second-order valence-electron chi connectivity index (χ2n) is 6.77. The average molecular weight is 314 g/mol. The van der Waals surface area contributed by atoms with Crippen LogP contribution in [0.15, 0.2) is 18.5 Å². The third-order valence-electron chi connectivity index (χ3n) is 3.67. The Morgan fingerprint density at radius 2 is 2.09 bits per heavy atom. The van der Waals surface area contributed by atoms with Gasteiger partial charge in [0.05, 0.1) is 16.9 Å². The number of carbonyl (C=O) groups is 1. The maximum Gasteiger partial charge on any atom is 0.412 e. The Kier molecular flexibility index (Phi) is 4.07. The van der Waals surface area contributed by atoms with Gasteiger partial charge in [-0.05, 0) is 52.5 Å². The Labute approximate surface area is 135 Å². The van der Waals surface area contributed by atoms with Crippen molar-refractivity contribution in [2.75, 3.05) is 5.32 Å². The van der Waals surface area contributed by atoms with Gasteiger partial charge in [0.2, 0.25) is 0 Å². The molecule has 23 heavy (non-hydrogen) atoms. The predicted molar refractivity (Wildman–Crippen MR) is 88.3 cm³/mol. The SMILES string of the molecule is CC(C)(C)OC(=O)Nc1ccncc1-c1nc2c([nH]1)CCCC2. The Morgan fingerprint density at radius 1 is 1.30 bits per heavy atom. The molecule has 0 saturated carbocycles. The molecule has 2 N–H and O–H groups in total. The number of aryl methyl sites for hydroxylation is 2. The number of carbonyl (C=O) groups excluding carboxylic acids is 1. The largest absolute Gasteiger partial charge is 0.444 e. The van der Waals surface area contributed by atoms with Crippen LogP contribution in [0.4, 0.5) is 10.5 Å². The van der Waals surface area contributed by atoms with Crippen LogP contribution in [0.5, 0.6) is 0 Å². The number of aromatic amines is 1. The first kappa shape index (κ1) is 15.5. The van der Waals surface area contributed by atoms with Crippen molar-refractivity contribution in [2.24, 2.45) is 0 Å². The number of amides is 1. The molecular formula is C17H22N4O2. The fourth-order valence-corrected chi connectivity index (χ4v) is 2.69. The molecule has 2 aromatic heterocycles. The lowest BCUT2D eigenvalue weighted by atomic mass is 10.0. The molecule has 0 saturated heterocycles. The number of ether oxygens (including phenoxy) is 1. The van der Waals surface area contributed by atoms with Gasteiger partial charge in [-0.3, -0.25) is 10.3 Å². The van der Waals surface area contributed by atoms with E-state index in [1.54, 1.807) is 18.5 Å². The van der Waals surface area contributed by atoms with E-state index in [1.165, 1.54) is 18.5 Å². The van der Waals surface area contributed by atoms with E-state index in [-0.39, 0.29) is 0 Å². The van der Waals surface area contributed by atoms with Crippen molar-refractivity contribution in [1.29, 1.82) is 0 Å². The van der Waals surface area contributed by atoms with Crippen molar-refractivity contribution in [3.8, 4) is 11.4 Å². The summed E-state index contributed by atoms with van der Waals surface area (Å²) in [6.07, 6.45) is 7.24. The Morgan fingerprint density at radius 3 is 2.83 bits per heavy atom. The molecule has 0 bridgehead atoms. The van der Waals surface area contributed by atoms with E-state index < -0.39 is 11.7 Å². The number of aromatic nitrogens is 3. The zero-order chi connectivity index (χ0) is 16.4. The minimum Gasteiger partial charge on any atom is -0.444 e. The number of anilines is 1. The Bertz CT molecular complexity index is 692. The van der Waals surface area contributed by atoms with E-state index in [0.29, 0.717) is 5.69 Å². The second-order valence-corrected chi connectivity index (χ2v) is 6.77. The summed E-state index contributed by atoms with van der Waals surface area (Å²) in [7, 11) is 0. The molecule has 0 fully saturated rings. The van der Waals surface area contributed by atoms with Gasteiger partial charge in [0.15, 0.2) is 0 Å². The fraction of sp³-hybridized carbons (Fsp3) is 0.471. The van der Waals surface area contributed by atoms with Crippen LogP contribution in [0.2, 0.25) is 0 Å². The molecule has 0 unspecified atom stereocenters. The lowest BCUT2D eigenvalue weighted by Crippen LogP contribution is -2.27. The molecule has 3 rings (SSSR count). The predicted octanol–water partition coefficient (Wildman–Crippen LogP) is 3.70. The van der Waals surface area contributed by atoms with E-state index in [2.05, 4.69) is 20.3 Å². The maximum atomic E-state index is 12.0. The van der Waals surface area contributed by atoms with Crippen molar-refractivity contribution in [3.05, 3.63) is 29.8 Å². The van der Waals surface area contributed by atoms with E-state index in [1.807, 2.05) is 20.8 Å². The Balaban J connectivity index is 1.86. The average Bonchev–Trinajstić information content (AvgIpc) is 2.89. The van der Waals surface area contributed by atoms with Crippen LogP contribution in [0.1, 0.15) is 45.0 Å². The minimum atomic E-state index is -0.541. The molecule has 1 aliphatic rings. The molecule has 0 radical (unpaired) electrons. The number of nitrogens with zero attached hydrogens (tertiary/aromatic N) is 2. The molecule has 0 atom stereocenters. The van der Waals surface area contributed by atoms with Crippen LogP contribution in [-0.4, -0.2) is 26.6 Å². The summed E-state index contributed by atoms with van der Waals surface area (Å²) >= 11 is 0. The quantitative estimate of drug-likeness (QED) is 0.885. The van der Waals surface area contributed by atoms with E-state index >= 15 is 0 Å². The molecule has 122 valence electrons. The summed E-state index contributed by atoms with van der Waals surface area (Å²) in [6.45, 7) is 5.50. The van der Waals surface area contributed by atoms with Gasteiger partial charge in [-0.25, -0.2) is 9.78 Å². The van der Waals surface area contributed by atoms with Gasteiger partial charge >= 0.3 is 6.09 Å². The van der Waals surface area contributed by atoms with Gasteiger partial charge in [-0.1, -0.05) is 0 Å². The summed E-state index contributed by atoms with van der Waals surface area (Å²) in [5.41, 5.74) is 3.19. The van der Waals surface area contributed by atoms with Crippen LogP contribution in [0, 0.1) is 0 Å². The number of pyridine rings is 1. The first-order valence-corrected chi connectivity index (χ1v) is 7.94. The third-order valence-corrected chi connectivity index (χ3v) is 3.67. The number of H-pyrrole nitrogens is 1. The van der Waals surface area contributed by atoms with Gasteiger partial charge in [0, 0.05) is 18.1 Å². The highest BCUT2D eigenvalue weighted by atomic mass is 16.6. The summed E-state index contributed by atoms with van der Waals surface area (Å²) in [5.74, 6) is 0.746. The zero-order valence-corrected chi connectivity index (χ0v) is 13.8. The monoisotopic (exact) mass is 314 g/mol. The van der Waals surface area contributed by atoms with Gasteiger partial charge < -0.3 is 9.72 Å². The number of hydrogen-bond acceptors (Lipinski definition) is 4. The first-order valence-electron chi connectivity index (χ1n) is 7.94. The van der Waals surface area contributed by atoms with Gasteiger partial charge in [0.25, 0.3) is 0 Å². The van der Waals surface area contributed by atoms with Crippen molar-refractivity contribution in [2.45, 2.75) is 52.1 Å². The number of fused-ring (bicyclic) bond motifs is 1. The molecule has 2 aromatic rings. The minimum absolute atomic E-state index is 0.485. The van der Waals surface area contributed by atoms with Gasteiger partial charge in [0.1, 0.15) is 11.4 Å². The summed E-state index contributed by atoms with van der Waals surface area (Å²) in [6, 6.07) is 1.75. The lowest BCUT2D eigenvalue weighted by molar-refractivity contribution is 0.0636. The molecule has 1 aliphatic carbocycles. The molecule has 1 amide bonds. The molecular weight excluding hydrogens is 292 g/mol. The van der Waals surface area contributed by atoms with Crippen LogP contribution < -0.4 is 5.32 Å².